The monoisotopic (exact) mass is 343 g/mol. The van der Waals surface area contributed by atoms with E-state index < -0.39 is 0 Å². The molecule has 6 heteroatoms. The lowest BCUT2D eigenvalue weighted by atomic mass is 10.1. The summed E-state index contributed by atoms with van der Waals surface area (Å²) in [7, 11) is 3.13. The van der Waals surface area contributed by atoms with Gasteiger partial charge in [0.2, 0.25) is 11.8 Å². The minimum absolute atomic E-state index is 0.255. The summed E-state index contributed by atoms with van der Waals surface area (Å²) in [5.74, 6) is 0.726. The van der Waals surface area contributed by atoms with E-state index in [4.69, 9.17) is 9.47 Å². The van der Waals surface area contributed by atoms with E-state index in [2.05, 4.69) is 15.9 Å². The summed E-state index contributed by atoms with van der Waals surface area (Å²) in [6.45, 7) is 3.09. The molecule has 20 heavy (non-hydrogen) atoms. The van der Waals surface area contributed by atoms with Crippen molar-refractivity contribution in [2.24, 2.45) is 0 Å². The maximum absolute atomic E-state index is 11.4. The van der Waals surface area contributed by atoms with Crippen molar-refractivity contribution in [2.75, 3.05) is 20.8 Å². The van der Waals surface area contributed by atoms with Crippen LogP contribution < -0.4 is 9.47 Å². The Morgan fingerprint density at radius 3 is 2.05 bits per heavy atom. The molecule has 0 aliphatic rings. The minimum Gasteiger partial charge on any atom is -0.493 e. The number of methoxy groups -OCH3 is 2. The second kappa shape index (κ2) is 7.28. The third kappa shape index (κ3) is 3.96. The molecule has 0 bridgehead atoms. The SMILES string of the molecule is COc1cc(Br)c(CCN(C(C)=O)C(C)=O)cc1OC. The van der Waals surface area contributed by atoms with Gasteiger partial charge in [-0.1, -0.05) is 15.9 Å². The standard InChI is InChI=1S/C14H18BrNO4/c1-9(17)16(10(2)18)6-5-11-7-13(19-3)14(20-4)8-12(11)15/h7-8H,5-6H2,1-4H3. The topological polar surface area (TPSA) is 55.8 Å². The smallest absolute Gasteiger partial charge is 0.226 e. The zero-order valence-electron chi connectivity index (χ0n) is 12.0. The number of halogens is 1. The van der Waals surface area contributed by atoms with Crippen LogP contribution in [0.25, 0.3) is 0 Å². The highest BCUT2D eigenvalue weighted by atomic mass is 79.9. The number of imide groups is 1. The van der Waals surface area contributed by atoms with Crippen molar-refractivity contribution in [3.63, 3.8) is 0 Å². The summed E-state index contributed by atoms with van der Waals surface area (Å²) < 4.78 is 11.3. The molecule has 0 atom stereocenters. The van der Waals surface area contributed by atoms with Gasteiger partial charge in [-0.2, -0.15) is 0 Å². The summed E-state index contributed by atoms with van der Waals surface area (Å²) in [6.07, 6.45) is 0.542. The van der Waals surface area contributed by atoms with Crippen LogP contribution in [0.5, 0.6) is 11.5 Å². The van der Waals surface area contributed by atoms with Gasteiger partial charge in [-0.3, -0.25) is 14.5 Å². The average Bonchev–Trinajstić information content (AvgIpc) is 2.39. The number of carbonyl (C=O) groups excluding carboxylic acids is 2. The molecule has 0 unspecified atom stereocenters. The Bertz CT molecular complexity index is 502. The molecule has 1 aromatic carbocycles. The Morgan fingerprint density at radius 1 is 1.10 bits per heavy atom. The van der Waals surface area contributed by atoms with Crippen molar-refractivity contribution in [1.29, 1.82) is 0 Å². The molecule has 0 saturated carbocycles. The first-order chi connectivity index (χ1) is 9.40. The van der Waals surface area contributed by atoms with Crippen molar-refractivity contribution < 1.29 is 19.1 Å². The highest BCUT2D eigenvalue weighted by molar-refractivity contribution is 9.10. The van der Waals surface area contributed by atoms with Crippen LogP contribution in [-0.2, 0) is 16.0 Å². The predicted molar refractivity (Wildman–Crippen MR) is 79.0 cm³/mol. The highest BCUT2D eigenvalue weighted by Crippen LogP contribution is 2.33. The fourth-order valence-electron chi connectivity index (χ4n) is 1.86. The molecule has 0 radical (unpaired) electrons. The van der Waals surface area contributed by atoms with E-state index in [1.54, 1.807) is 20.3 Å². The molecular weight excluding hydrogens is 326 g/mol. The summed E-state index contributed by atoms with van der Waals surface area (Å²) in [6, 6.07) is 3.64. The number of amides is 2. The fraction of sp³-hybridized carbons (Fsp3) is 0.429. The molecule has 0 heterocycles. The Morgan fingerprint density at radius 2 is 1.60 bits per heavy atom. The van der Waals surface area contributed by atoms with E-state index in [0.717, 1.165) is 10.0 Å². The van der Waals surface area contributed by atoms with Crippen LogP contribution in [0.1, 0.15) is 19.4 Å². The number of hydrogen-bond acceptors (Lipinski definition) is 4. The quantitative estimate of drug-likeness (QED) is 0.823. The van der Waals surface area contributed by atoms with E-state index in [9.17, 15) is 9.59 Å². The van der Waals surface area contributed by atoms with Crippen molar-refractivity contribution >= 4 is 27.7 Å². The third-order valence-electron chi connectivity index (χ3n) is 2.92. The summed E-state index contributed by atoms with van der Waals surface area (Å²) in [5.41, 5.74) is 0.940. The van der Waals surface area contributed by atoms with Gasteiger partial charge in [0.1, 0.15) is 0 Å². The number of nitrogens with zero attached hydrogens (tertiary/aromatic N) is 1. The molecule has 1 aromatic rings. The minimum atomic E-state index is -0.255. The van der Waals surface area contributed by atoms with Crippen molar-refractivity contribution in [3.8, 4) is 11.5 Å². The second-order valence-electron chi connectivity index (χ2n) is 4.24. The van der Waals surface area contributed by atoms with Crippen LogP contribution in [0.4, 0.5) is 0 Å². The van der Waals surface area contributed by atoms with Gasteiger partial charge in [0.05, 0.1) is 14.2 Å². The lowest BCUT2D eigenvalue weighted by Crippen LogP contribution is -2.35. The first-order valence-corrected chi connectivity index (χ1v) is 6.89. The molecule has 0 aliphatic carbocycles. The highest BCUT2D eigenvalue weighted by Gasteiger charge is 2.15. The van der Waals surface area contributed by atoms with Gasteiger partial charge in [-0.05, 0) is 24.1 Å². The lowest BCUT2D eigenvalue weighted by Gasteiger charge is -2.18. The van der Waals surface area contributed by atoms with Crippen LogP contribution in [0.3, 0.4) is 0 Å². The Kier molecular flexibility index (Phi) is 6.01. The summed E-state index contributed by atoms with van der Waals surface area (Å²) in [4.78, 5) is 23.9. The Balaban J connectivity index is 2.92. The number of rotatable bonds is 5. The first kappa shape index (κ1) is 16.5. The molecule has 1 rings (SSSR count). The van der Waals surface area contributed by atoms with Crippen molar-refractivity contribution in [3.05, 3.63) is 22.2 Å². The van der Waals surface area contributed by atoms with Crippen LogP contribution >= 0.6 is 15.9 Å². The summed E-state index contributed by atoms with van der Waals surface area (Å²) >= 11 is 3.45. The zero-order chi connectivity index (χ0) is 15.3. The Labute approximate surface area is 127 Å². The second-order valence-corrected chi connectivity index (χ2v) is 5.09. The maximum atomic E-state index is 11.4. The van der Waals surface area contributed by atoms with Crippen LogP contribution in [0.15, 0.2) is 16.6 Å². The molecule has 5 nitrogen and oxygen atoms in total. The number of ether oxygens (including phenoxy) is 2. The van der Waals surface area contributed by atoms with Gasteiger partial charge >= 0.3 is 0 Å². The molecule has 110 valence electrons. The van der Waals surface area contributed by atoms with Crippen LogP contribution in [-0.4, -0.2) is 37.5 Å². The van der Waals surface area contributed by atoms with Gasteiger partial charge < -0.3 is 9.47 Å². The largest absolute Gasteiger partial charge is 0.493 e. The molecule has 2 amide bonds. The number of hydrogen-bond donors (Lipinski definition) is 0. The molecule has 0 saturated heterocycles. The summed E-state index contributed by atoms with van der Waals surface area (Å²) in [5, 5.41) is 0. The Hall–Kier alpha value is -1.56. The van der Waals surface area contributed by atoms with E-state index >= 15 is 0 Å². The number of carbonyl (C=O) groups is 2. The van der Waals surface area contributed by atoms with E-state index in [0.29, 0.717) is 24.5 Å². The first-order valence-electron chi connectivity index (χ1n) is 6.09. The van der Waals surface area contributed by atoms with Gasteiger partial charge in [0, 0.05) is 24.9 Å². The predicted octanol–water partition coefficient (Wildman–Crippen LogP) is 2.40. The van der Waals surface area contributed by atoms with Gasteiger partial charge in [0.15, 0.2) is 11.5 Å². The van der Waals surface area contributed by atoms with Gasteiger partial charge in [-0.15, -0.1) is 0 Å². The average molecular weight is 344 g/mol. The maximum Gasteiger partial charge on any atom is 0.226 e. The van der Waals surface area contributed by atoms with Gasteiger partial charge in [0.25, 0.3) is 0 Å². The van der Waals surface area contributed by atoms with E-state index in [1.807, 2.05) is 6.07 Å². The van der Waals surface area contributed by atoms with Crippen molar-refractivity contribution in [1.82, 2.24) is 4.90 Å². The molecule has 0 aromatic heterocycles. The van der Waals surface area contributed by atoms with E-state index in [-0.39, 0.29) is 11.8 Å². The fourth-order valence-corrected chi connectivity index (χ4v) is 2.38. The molecule has 0 N–H and O–H groups in total. The molecule has 0 fully saturated rings. The van der Waals surface area contributed by atoms with Gasteiger partial charge in [-0.25, -0.2) is 0 Å². The lowest BCUT2D eigenvalue weighted by molar-refractivity contribution is -0.141. The number of benzene rings is 1. The molecular formula is C14H18BrNO4. The van der Waals surface area contributed by atoms with Crippen LogP contribution in [0.2, 0.25) is 0 Å². The molecule has 0 spiro atoms. The normalized spacial score (nSPS) is 10.1. The van der Waals surface area contributed by atoms with E-state index in [1.165, 1.54) is 18.7 Å². The third-order valence-corrected chi connectivity index (χ3v) is 3.66. The van der Waals surface area contributed by atoms with Crippen molar-refractivity contribution in [2.45, 2.75) is 20.3 Å². The zero-order valence-corrected chi connectivity index (χ0v) is 13.6. The molecule has 0 aliphatic heterocycles. The van der Waals surface area contributed by atoms with Crippen LogP contribution in [0, 0.1) is 0 Å².